The molecule has 0 aromatic rings. The molecular weight excluding hydrogens is 197 g/mol. The topological polar surface area (TPSA) is 41.1 Å². The Kier molecular flexibility index (Phi) is 4.38. The van der Waals surface area contributed by atoms with Gasteiger partial charge in [0.25, 0.3) is 0 Å². The number of hydrogen-bond donors (Lipinski definition) is 2. The summed E-state index contributed by atoms with van der Waals surface area (Å²) in [5.74, 6) is -0.656. The smallest absolute Gasteiger partial charge is 0.345 e. The molecule has 0 rings (SSSR count). The number of rotatable bonds is 4. The van der Waals surface area contributed by atoms with Crippen molar-refractivity contribution in [1.29, 1.82) is 0 Å². The molecule has 6 heteroatoms. The third-order valence-corrected chi connectivity index (χ3v) is 1.64. The molecule has 0 saturated carbocycles. The van der Waals surface area contributed by atoms with Crippen LogP contribution in [0.4, 0.5) is 13.2 Å². The van der Waals surface area contributed by atoms with Gasteiger partial charge in [0.2, 0.25) is 5.91 Å². The summed E-state index contributed by atoms with van der Waals surface area (Å²) in [5, 5.41) is 4.60. The first-order valence-electron chi connectivity index (χ1n) is 4.29. The molecule has 0 aliphatic carbocycles. The molecule has 0 aliphatic rings. The molecule has 1 amide bonds. The highest BCUT2D eigenvalue weighted by Gasteiger charge is 2.32. The Labute approximate surface area is 81.1 Å². The Morgan fingerprint density at radius 3 is 2.14 bits per heavy atom. The first kappa shape index (κ1) is 13.2. The van der Waals surface area contributed by atoms with Gasteiger partial charge >= 0.3 is 6.18 Å². The SMILES string of the molecule is CCNC(C)(C)C(=O)NCC(F)(F)F. The quantitative estimate of drug-likeness (QED) is 0.731. The maximum absolute atomic E-state index is 11.8. The van der Waals surface area contributed by atoms with Crippen LogP contribution in [0.1, 0.15) is 20.8 Å². The molecular formula is C8H15F3N2O. The predicted molar refractivity (Wildman–Crippen MR) is 46.8 cm³/mol. The van der Waals surface area contributed by atoms with E-state index in [2.05, 4.69) is 5.32 Å². The minimum Gasteiger partial charge on any atom is -0.345 e. The van der Waals surface area contributed by atoms with Gasteiger partial charge in [-0.15, -0.1) is 0 Å². The lowest BCUT2D eigenvalue weighted by Crippen LogP contribution is -2.54. The van der Waals surface area contributed by atoms with Gasteiger partial charge in [0.05, 0.1) is 5.54 Å². The van der Waals surface area contributed by atoms with Gasteiger partial charge in [-0.1, -0.05) is 6.92 Å². The summed E-state index contributed by atoms with van der Waals surface area (Å²) in [6.07, 6.45) is -4.36. The second-order valence-electron chi connectivity index (χ2n) is 3.45. The maximum atomic E-state index is 11.8. The summed E-state index contributed by atoms with van der Waals surface area (Å²) >= 11 is 0. The highest BCUT2D eigenvalue weighted by molar-refractivity contribution is 5.85. The third kappa shape index (κ3) is 5.06. The lowest BCUT2D eigenvalue weighted by atomic mass is 10.0. The van der Waals surface area contributed by atoms with E-state index in [0.29, 0.717) is 6.54 Å². The fourth-order valence-corrected chi connectivity index (χ4v) is 0.924. The number of alkyl halides is 3. The zero-order valence-corrected chi connectivity index (χ0v) is 8.46. The van der Waals surface area contributed by atoms with Crippen molar-refractivity contribution in [2.24, 2.45) is 0 Å². The average molecular weight is 212 g/mol. The zero-order chi connectivity index (χ0) is 11.4. The third-order valence-electron chi connectivity index (χ3n) is 1.64. The maximum Gasteiger partial charge on any atom is 0.405 e. The number of carbonyl (C=O) groups excluding carboxylic acids is 1. The second kappa shape index (κ2) is 4.63. The van der Waals surface area contributed by atoms with E-state index < -0.39 is 24.2 Å². The summed E-state index contributed by atoms with van der Waals surface area (Å²) in [6.45, 7) is 4.07. The van der Waals surface area contributed by atoms with E-state index in [-0.39, 0.29) is 0 Å². The lowest BCUT2D eigenvalue weighted by molar-refractivity contribution is -0.141. The van der Waals surface area contributed by atoms with Gasteiger partial charge in [0.15, 0.2) is 0 Å². The predicted octanol–water partition coefficient (Wildman–Crippen LogP) is 1.05. The number of halogens is 3. The molecule has 0 heterocycles. The Balaban J connectivity index is 4.08. The summed E-state index contributed by atoms with van der Waals surface area (Å²) in [4.78, 5) is 11.2. The fraction of sp³-hybridized carbons (Fsp3) is 0.875. The normalized spacial score (nSPS) is 12.7. The van der Waals surface area contributed by atoms with Crippen molar-refractivity contribution in [3.8, 4) is 0 Å². The summed E-state index contributed by atoms with van der Waals surface area (Å²) in [6, 6.07) is 0. The van der Waals surface area contributed by atoms with Gasteiger partial charge in [0, 0.05) is 0 Å². The Morgan fingerprint density at radius 2 is 1.79 bits per heavy atom. The van der Waals surface area contributed by atoms with E-state index in [1.165, 1.54) is 13.8 Å². The van der Waals surface area contributed by atoms with Crippen LogP contribution < -0.4 is 10.6 Å². The molecule has 0 atom stereocenters. The molecule has 2 N–H and O–H groups in total. The first-order valence-corrected chi connectivity index (χ1v) is 4.29. The molecule has 0 spiro atoms. The van der Waals surface area contributed by atoms with Crippen LogP contribution in [0.2, 0.25) is 0 Å². The van der Waals surface area contributed by atoms with Crippen molar-refractivity contribution in [1.82, 2.24) is 10.6 Å². The molecule has 0 radical (unpaired) electrons. The molecule has 0 unspecified atom stereocenters. The van der Waals surface area contributed by atoms with E-state index in [9.17, 15) is 18.0 Å². The van der Waals surface area contributed by atoms with E-state index in [1.807, 2.05) is 5.32 Å². The number of likely N-dealkylation sites (N-methyl/N-ethyl adjacent to an activating group) is 1. The van der Waals surface area contributed by atoms with Crippen molar-refractivity contribution in [3.63, 3.8) is 0 Å². The van der Waals surface area contributed by atoms with E-state index in [4.69, 9.17) is 0 Å². The highest BCUT2D eigenvalue weighted by Crippen LogP contribution is 2.13. The summed E-state index contributed by atoms with van der Waals surface area (Å²) in [5.41, 5.74) is -0.972. The summed E-state index contributed by atoms with van der Waals surface area (Å²) < 4.78 is 35.3. The van der Waals surface area contributed by atoms with Crippen molar-refractivity contribution >= 4 is 5.91 Å². The molecule has 0 saturated heterocycles. The van der Waals surface area contributed by atoms with Crippen LogP contribution >= 0.6 is 0 Å². The molecule has 14 heavy (non-hydrogen) atoms. The van der Waals surface area contributed by atoms with Gasteiger partial charge in [0.1, 0.15) is 6.54 Å². The fourth-order valence-electron chi connectivity index (χ4n) is 0.924. The second-order valence-corrected chi connectivity index (χ2v) is 3.45. The van der Waals surface area contributed by atoms with Gasteiger partial charge in [-0.2, -0.15) is 13.2 Å². The Morgan fingerprint density at radius 1 is 1.29 bits per heavy atom. The van der Waals surface area contributed by atoms with Gasteiger partial charge in [-0.25, -0.2) is 0 Å². The molecule has 0 fully saturated rings. The van der Waals surface area contributed by atoms with Crippen LogP contribution in [0.15, 0.2) is 0 Å². The van der Waals surface area contributed by atoms with Crippen LogP contribution in [0.5, 0.6) is 0 Å². The molecule has 84 valence electrons. The van der Waals surface area contributed by atoms with Crippen molar-refractivity contribution in [2.75, 3.05) is 13.1 Å². The van der Waals surface area contributed by atoms with E-state index in [0.717, 1.165) is 0 Å². The van der Waals surface area contributed by atoms with Crippen LogP contribution in [0, 0.1) is 0 Å². The van der Waals surface area contributed by atoms with Crippen LogP contribution in [0.3, 0.4) is 0 Å². The number of nitrogens with one attached hydrogen (secondary N) is 2. The van der Waals surface area contributed by atoms with E-state index in [1.54, 1.807) is 6.92 Å². The minimum absolute atomic E-state index is 0.520. The minimum atomic E-state index is -4.36. The van der Waals surface area contributed by atoms with Crippen molar-refractivity contribution in [3.05, 3.63) is 0 Å². The molecule has 0 aliphatic heterocycles. The number of carbonyl (C=O) groups is 1. The standard InChI is InChI=1S/C8H15F3N2O/c1-4-13-7(2,3)6(14)12-5-8(9,10)11/h13H,4-5H2,1-3H3,(H,12,14). The molecule has 0 bridgehead atoms. The van der Waals surface area contributed by atoms with E-state index >= 15 is 0 Å². The van der Waals surface area contributed by atoms with Crippen LogP contribution in [-0.4, -0.2) is 30.7 Å². The van der Waals surface area contributed by atoms with Crippen molar-refractivity contribution < 1.29 is 18.0 Å². The monoisotopic (exact) mass is 212 g/mol. The molecule has 3 nitrogen and oxygen atoms in total. The van der Waals surface area contributed by atoms with Crippen LogP contribution in [0.25, 0.3) is 0 Å². The lowest BCUT2D eigenvalue weighted by Gasteiger charge is -2.24. The first-order chi connectivity index (χ1) is 6.19. The summed E-state index contributed by atoms with van der Waals surface area (Å²) in [7, 11) is 0. The number of amides is 1. The van der Waals surface area contributed by atoms with Crippen LogP contribution in [-0.2, 0) is 4.79 Å². The average Bonchev–Trinajstić information content (AvgIpc) is 1.98. The largest absolute Gasteiger partial charge is 0.405 e. The zero-order valence-electron chi connectivity index (χ0n) is 8.46. The van der Waals surface area contributed by atoms with Crippen molar-refractivity contribution in [2.45, 2.75) is 32.5 Å². The van der Waals surface area contributed by atoms with Gasteiger partial charge in [-0.3, -0.25) is 4.79 Å². The van der Waals surface area contributed by atoms with Gasteiger partial charge < -0.3 is 10.6 Å². The number of hydrogen-bond acceptors (Lipinski definition) is 2. The highest BCUT2D eigenvalue weighted by atomic mass is 19.4. The van der Waals surface area contributed by atoms with Gasteiger partial charge in [-0.05, 0) is 20.4 Å². The molecule has 0 aromatic carbocycles. The molecule has 0 aromatic heterocycles. The Bertz CT molecular complexity index is 201. The Hall–Kier alpha value is -0.780.